The highest BCUT2D eigenvalue weighted by molar-refractivity contribution is 8.01. The van der Waals surface area contributed by atoms with Gasteiger partial charge in [-0.15, -0.1) is 0 Å². The minimum absolute atomic E-state index is 0.238. The zero-order chi connectivity index (χ0) is 25.4. The molecule has 5 rings (SSSR count). The van der Waals surface area contributed by atoms with Gasteiger partial charge >= 0.3 is 0 Å². The van der Waals surface area contributed by atoms with Crippen LogP contribution in [0.25, 0.3) is 22.2 Å². The van der Waals surface area contributed by atoms with Crippen molar-refractivity contribution in [2.75, 3.05) is 36.5 Å². The molecule has 13 heteroatoms. The second kappa shape index (κ2) is 9.91. The van der Waals surface area contributed by atoms with Gasteiger partial charge in [0.15, 0.2) is 17.9 Å². The molecule has 1 aromatic carbocycles. The summed E-state index contributed by atoms with van der Waals surface area (Å²) in [7, 11) is -0.679. The van der Waals surface area contributed by atoms with Gasteiger partial charge in [-0.1, -0.05) is 33.3 Å². The predicted molar refractivity (Wildman–Crippen MR) is 142 cm³/mol. The first kappa shape index (κ1) is 24.8. The third-order valence-electron chi connectivity index (χ3n) is 6.24. The normalized spacial score (nSPS) is 17.2. The van der Waals surface area contributed by atoms with Crippen LogP contribution in [0.3, 0.4) is 0 Å². The van der Waals surface area contributed by atoms with Crippen LogP contribution in [0.4, 0.5) is 10.2 Å². The van der Waals surface area contributed by atoms with Crippen molar-refractivity contribution in [3.63, 3.8) is 0 Å². The van der Waals surface area contributed by atoms with Gasteiger partial charge in [0.05, 0.1) is 15.6 Å². The molecule has 1 fully saturated rings. The fourth-order valence-corrected chi connectivity index (χ4v) is 6.58. The number of nitrogens with one attached hydrogen (secondary N) is 2. The van der Waals surface area contributed by atoms with Gasteiger partial charge < -0.3 is 9.64 Å². The molecule has 1 aliphatic rings. The van der Waals surface area contributed by atoms with E-state index in [9.17, 15) is 4.21 Å². The molecule has 190 valence electrons. The van der Waals surface area contributed by atoms with Crippen molar-refractivity contribution in [2.45, 2.75) is 6.23 Å². The van der Waals surface area contributed by atoms with Crippen molar-refractivity contribution in [3.8, 4) is 17.0 Å². The zero-order valence-electron chi connectivity index (χ0n) is 19.2. The second-order valence-electron chi connectivity index (χ2n) is 8.41. The number of anilines is 1. The number of aromatic amines is 1. The number of nitrogens with two attached hydrogens (primary N) is 1. The molecule has 9 nitrogen and oxygen atoms in total. The number of aromatic nitrogens is 4. The van der Waals surface area contributed by atoms with Gasteiger partial charge in [0.25, 0.3) is 0 Å². The minimum Gasteiger partial charge on any atom is -0.471 e. The lowest BCUT2D eigenvalue weighted by molar-refractivity contribution is 0.214. The smallest absolute Gasteiger partial charge is 0.177 e. The van der Waals surface area contributed by atoms with Gasteiger partial charge in [-0.3, -0.25) is 24.7 Å². The molecule has 0 amide bonds. The number of nitrogens with zero attached hydrogens (tertiary/aromatic N) is 4. The maximum Gasteiger partial charge on any atom is 0.177 e. The highest BCUT2D eigenvalue weighted by Crippen LogP contribution is 2.34. The molecule has 0 spiro atoms. The highest BCUT2D eigenvalue weighted by Gasteiger charge is 2.25. The maximum atomic E-state index is 15.1. The summed E-state index contributed by atoms with van der Waals surface area (Å²) in [5, 5.41) is 8.60. The molecule has 1 saturated heterocycles. The van der Waals surface area contributed by atoms with Crippen LogP contribution in [0.15, 0.2) is 42.9 Å². The summed E-state index contributed by atoms with van der Waals surface area (Å²) in [4.78, 5) is 10.1. The summed E-state index contributed by atoms with van der Waals surface area (Å²) >= 11 is 12.4. The van der Waals surface area contributed by atoms with Crippen LogP contribution in [0.2, 0.25) is 10.0 Å². The van der Waals surface area contributed by atoms with Crippen molar-refractivity contribution in [3.05, 3.63) is 64.3 Å². The van der Waals surface area contributed by atoms with Crippen LogP contribution in [0, 0.1) is 5.82 Å². The average molecular weight is 552 g/mol. The molecule has 4 N–H and O–H groups in total. The Morgan fingerprint density at radius 1 is 1.19 bits per heavy atom. The summed E-state index contributed by atoms with van der Waals surface area (Å²) in [6.07, 6.45) is 3.54. The Hall–Kier alpha value is -2.83. The fourth-order valence-electron chi connectivity index (χ4n) is 4.20. The van der Waals surface area contributed by atoms with Crippen molar-refractivity contribution >= 4 is 50.0 Å². The number of pyridine rings is 2. The Morgan fingerprint density at radius 2 is 1.92 bits per heavy atom. The third-order valence-corrected chi connectivity index (χ3v) is 9.50. The van der Waals surface area contributed by atoms with Crippen LogP contribution in [0.5, 0.6) is 5.75 Å². The van der Waals surface area contributed by atoms with Gasteiger partial charge in [-0.2, -0.15) is 5.10 Å². The first-order valence-electron chi connectivity index (χ1n) is 11.2. The molecule has 36 heavy (non-hydrogen) atoms. The number of ether oxygens (including phenoxy) is 1. The van der Waals surface area contributed by atoms with Gasteiger partial charge in [-0.05, 0) is 31.3 Å². The quantitative estimate of drug-likeness (QED) is 0.214. The van der Waals surface area contributed by atoms with E-state index in [2.05, 4.69) is 24.9 Å². The number of rotatable bonds is 6. The summed E-state index contributed by atoms with van der Waals surface area (Å²) < 4.78 is 36.4. The number of fused-ring (bicyclic) bond motifs is 1. The van der Waals surface area contributed by atoms with Crippen molar-refractivity contribution in [1.82, 2.24) is 24.9 Å². The lowest BCUT2D eigenvalue weighted by Gasteiger charge is -2.35. The Bertz CT molecular complexity index is 1450. The molecular weight excluding hydrogens is 528 g/mol. The summed E-state index contributed by atoms with van der Waals surface area (Å²) in [6, 6.07) is 6.67. The van der Waals surface area contributed by atoms with E-state index >= 15 is 4.39 Å². The van der Waals surface area contributed by atoms with Crippen molar-refractivity contribution < 1.29 is 13.3 Å². The molecule has 0 radical (unpaired) electrons. The van der Waals surface area contributed by atoms with Crippen molar-refractivity contribution in [1.29, 1.82) is 0 Å². The molecule has 4 heterocycles. The number of benzene rings is 1. The number of hydrogen-bond donors (Lipinski definition) is 4. The lowest BCUT2D eigenvalue weighted by atomic mass is 10.1. The van der Waals surface area contributed by atoms with E-state index in [0.29, 0.717) is 62.6 Å². The molecular formula is C23H24Cl2FN7O2S. The lowest BCUT2D eigenvalue weighted by Crippen LogP contribution is -2.49. The monoisotopic (exact) mass is 551 g/mol. The largest absolute Gasteiger partial charge is 0.471 e. The summed E-state index contributed by atoms with van der Waals surface area (Å²) in [5.41, 5.74) is 8.37. The Labute approximate surface area is 217 Å². The van der Waals surface area contributed by atoms with E-state index in [4.69, 9.17) is 33.7 Å². The van der Waals surface area contributed by atoms with E-state index in [1.807, 2.05) is 4.90 Å². The van der Waals surface area contributed by atoms with Crippen LogP contribution in [-0.2, 0) is 10.1 Å². The number of halogens is 3. The molecule has 0 saturated carbocycles. The topological polar surface area (TPSA) is 122 Å². The van der Waals surface area contributed by atoms with Crippen LogP contribution < -0.4 is 20.1 Å². The molecule has 3 aromatic heterocycles. The standard InChI is InChI=1S/C23H24Cl2FN7O2S/c1-28-36(34)6-4-33(5-7-36)23-18(26)8-13(10-30-23)21-15-9-14(2-3-19(15)31-32-21)35-22(27)20-16(24)11-29-12-17(20)25/h2-3,8-12,22,36H,4-7,27H2,1H3,(H,28,34)(H,31,32)/t22-/m0/s1. The Morgan fingerprint density at radius 3 is 2.58 bits per heavy atom. The van der Waals surface area contributed by atoms with Crippen LogP contribution >= 0.6 is 23.2 Å². The first-order chi connectivity index (χ1) is 17.3. The second-order valence-corrected chi connectivity index (χ2v) is 12.3. The molecule has 1 aliphatic heterocycles. The Kier molecular flexibility index (Phi) is 6.84. The maximum absolute atomic E-state index is 15.1. The molecule has 0 unspecified atom stereocenters. The fraction of sp³-hybridized carbons (Fsp3) is 0.261. The van der Waals surface area contributed by atoms with Crippen LogP contribution in [-0.4, -0.2) is 56.0 Å². The van der Waals surface area contributed by atoms with E-state index in [0.717, 1.165) is 5.52 Å². The van der Waals surface area contributed by atoms with Gasteiger partial charge in [0, 0.05) is 59.7 Å². The molecule has 0 aliphatic carbocycles. The number of thiol groups is 1. The summed E-state index contributed by atoms with van der Waals surface area (Å²) in [6.45, 7) is 0.943. The van der Waals surface area contributed by atoms with E-state index in [1.165, 1.54) is 18.5 Å². The average Bonchev–Trinajstić information content (AvgIpc) is 3.28. The van der Waals surface area contributed by atoms with Crippen molar-refractivity contribution in [2.24, 2.45) is 5.73 Å². The summed E-state index contributed by atoms with van der Waals surface area (Å²) in [5.74, 6) is 1.16. The van der Waals surface area contributed by atoms with E-state index < -0.39 is 22.2 Å². The first-order valence-corrected chi connectivity index (χ1v) is 14.0. The van der Waals surface area contributed by atoms with Gasteiger partial charge in [0.2, 0.25) is 0 Å². The molecule has 1 atom stereocenters. The predicted octanol–water partition coefficient (Wildman–Crippen LogP) is 3.47. The number of H-pyrrole nitrogens is 1. The third kappa shape index (κ3) is 4.76. The zero-order valence-corrected chi connectivity index (χ0v) is 21.6. The van der Waals surface area contributed by atoms with Gasteiger partial charge in [0.1, 0.15) is 11.4 Å². The molecule has 0 bridgehead atoms. The van der Waals surface area contributed by atoms with Gasteiger partial charge in [-0.25, -0.2) is 9.37 Å². The van der Waals surface area contributed by atoms with E-state index in [-0.39, 0.29) is 5.82 Å². The Balaban J connectivity index is 1.40. The van der Waals surface area contributed by atoms with E-state index in [1.54, 1.807) is 31.4 Å². The molecule has 4 aromatic rings. The van der Waals surface area contributed by atoms with Crippen LogP contribution in [0.1, 0.15) is 11.8 Å². The SMILES string of the molecule is CN[SH]1(=O)CCN(c2ncc(-c3n[nH]c4ccc(O[C@H](N)c5c(Cl)cncc5Cl)cc34)cc2F)CC1. The minimum atomic E-state index is -2.38. The number of hydrogen-bond acceptors (Lipinski definition) is 7. The highest BCUT2D eigenvalue weighted by atomic mass is 35.5.